The summed E-state index contributed by atoms with van der Waals surface area (Å²) in [7, 11) is 0. The Bertz CT molecular complexity index is 1150. The van der Waals surface area contributed by atoms with Crippen molar-refractivity contribution in [1.82, 2.24) is 30.0 Å². The normalized spacial score (nSPS) is 14.9. The molecule has 11 heteroatoms. The number of rotatable bonds is 5. The van der Waals surface area contributed by atoms with Crippen molar-refractivity contribution < 1.29 is 4.79 Å². The van der Waals surface area contributed by atoms with Crippen molar-refractivity contribution >= 4 is 46.2 Å². The number of para-hydroxylation sites is 1. The number of aromatic nitrogens is 6. The first kappa shape index (κ1) is 18.9. The molecule has 0 bridgehead atoms. The molecule has 9 nitrogen and oxygen atoms in total. The summed E-state index contributed by atoms with van der Waals surface area (Å²) in [6.07, 6.45) is 3.15. The number of carbonyl (C=O) groups is 1. The van der Waals surface area contributed by atoms with Crippen LogP contribution in [0.25, 0.3) is 5.65 Å². The number of hydrogen-bond acceptors (Lipinski definition) is 9. The van der Waals surface area contributed by atoms with Gasteiger partial charge in [0.15, 0.2) is 9.99 Å². The van der Waals surface area contributed by atoms with Gasteiger partial charge in [0.2, 0.25) is 5.91 Å². The number of carbonyl (C=O) groups excluding carboxylic acids is 1. The van der Waals surface area contributed by atoms with Gasteiger partial charge >= 0.3 is 0 Å². The molecule has 0 saturated carbocycles. The molecule has 0 unspecified atom stereocenters. The van der Waals surface area contributed by atoms with Gasteiger partial charge in [0.05, 0.1) is 5.69 Å². The van der Waals surface area contributed by atoms with Crippen LogP contribution in [0.2, 0.25) is 0 Å². The smallest absolute Gasteiger partial charge is 0.227 e. The summed E-state index contributed by atoms with van der Waals surface area (Å²) >= 11 is 2.99. The fraction of sp³-hybridized carbons (Fsp3) is 0.263. The Labute approximate surface area is 180 Å². The summed E-state index contributed by atoms with van der Waals surface area (Å²) in [5, 5.41) is 23.4. The number of fused-ring (bicyclic) bond motifs is 1. The highest BCUT2D eigenvalue weighted by molar-refractivity contribution is 8.01. The monoisotopic (exact) mass is 438 g/mol. The second-order valence-corrected chi connectivity index (χ2v) is 9.00. The van der Waals surface area contributed by atoms with E-state index in [9.17, 15) is 4.79 Å². The highest BCUT2D eigenvalue weighted by atomic mass is 32.2. The second-order valence-electron chi connectivity index (χ2n) is 6.88. The fourth-order valence-electron chi connectivity index (χ4n) is 3.45. The van der Waals surface area contributed by atoms with E-state index in [4.69, 9.17) is 0 Å². The number of nitrogens with zero attached hydrogens (tertiary/aromatic N) is 7. The zero-order valence-corrected chi connectivity index (χ0v) is 17.5. The van der Waals surface area contributed by atoms with Gasteiger partial charge in [0, 0.05) is 23.9 Å². The van der Waals surface area contributed by atoms with Gasteiger partial charge in [-0.1, -0.05) is 35.2 Å². The minimum atomic E-state index is -0.0283. The van der Waals surface area contributed by atoms with Crippen molar-refractivity contribution in [2.24, 2.45) is 5.92 Å². The zero-order valence-electron chi connectivity index (χ0n) is 15.9. The van der Waals surface area contributed by atoms with Crippen LogP contribution in [-0.4, -0.2) is 49.0 Å². The third-order valence-electron chi connectivity index (χ3n) is 5.02. The average molecular weight is 439 g/mol. The SMILES string of the molecule is O=C(Nc1ccccc1Sc1nncs1)C1CCN(c2ccc3nncn3n2)CC1. The van der Waals surface area contributed by atoms with Crippen molar-refractivity contribution in [3.8, 4) is 0 Å². The first-order valence-corrected chi connectivity index (χ1v) is 11.2. The summed E-state index contributed by atoms with van der Waals surface area (Å²) in [4.78, 5) is 16.1. The molecule has 152 valence electrons. The Kier molecular flexibility index (Phi) is 5.28. The van der Waals surface area contributed by atoms with Gasteiger partial charge in [-0.2, -0.15) is 4.52 Å². The van der Waals surface area contributed by atoms with Gasteiger partial charge in [0.1, 0.15) is 17.7 Å². The highest BCUT2D eigenvalue weighted by Crippen LogP contribution is 2.34. The molecule has 0 radical (unpaired) electrons. The highest BCUT2D eigenvalue weighted by Gasteiger charge is 2.26. The van der Waals surface area contributed by atoms with Gasteiger partial charge in [-0.15, -0.1) is 25.5 Å². The maximum atomic E-state index is 12.9. The molecule has 1 N–H and O–H groups in total. The molecular formula is C19H18N8OS2. The Balaban J connectivity index is 1.22. The quantitative estimate of drug-likeness (QED) is 0.507. The lowest BCUT2D eigenvalue weighted by molar-refractivity contribution is -0.120. The Morgan fingerprint density at radius 2 is 1.97 bits per heavy atom. The molecule has 4 aromatic rings. The molecule has 0 spiro atoms. The molecular weight excluding hydrogens is 420 g/mol. The van der Waals surface area contributed by atoms with Crippen molar-refractivity contribution in [2.45, 2.75) is 22.1 Å². The molecule has 0 aliphatic carbocycles. The minimum absolute atomic E-state index is 0.0283. The molecule has 3 aromatic heterocycles. The van der Waals surface area contributed by atoms with Crippen LogP contribution in [-0.2, 0) is 4.79 Å². The fourth-order valence-corrected chi connectivity index (χ4v) is 4.97. The average Bonchev–Trinajstić information content (AvgIpc) is 3.46. The predicted octanol–water partition coefficient (Wildman–Crippen LogP) is 2.98. The van der Waals surface area contributed by atoms with E-state index >= 15 is 0 Å². The second kappa shape index (κ2) is 8.36. The Morgan fingerprint density at radius 3 is 2.80 bits per heavy atom. The van der Waals surface area contributed by atoms with Crippen LogP contribution < -0.4 is 10.2 Å². The van der Waals surface area contributed by atoms with Crippen molar-refractivity contribution in [3.63, 3.8) is 0 Å². The standard InChI is InChI=1S/C19H18N8OS2/c28-18(22-14-3-1-2-4-15(14)30-19-24-21-12-29-19)13-7-9-26(10-8-13)17-6-5-16-23-20-11-27(16)25-17/h1-6,11-13H,7-10H2,(H,22,28). The van der Waals surface area contributed by atoms with Crippen LogP contribution in [0.4, 0.5) is 11.5 Å². The number of piperidine rings is 1. The molecule has 4 heterocycles. The van der Waals surface area contributed by atoms with Crippen LogP contribution in [0.1, 0.15) is 12.8 Å². The van der Waals surface area contributed by atoms with E-state index in [0.29, 0.717) is 0 Å². The minimum Gasteiger partial charge on any atom is -0.355 e. The van der Waals surface area contributed by atoms with Gasteiger partial charge in [-0.3, -0.25) is 4.79 Å². The molecule has 0 atom stereocenters. The molecule has 5 rings (SSSR count). The van der Waals surface area contributed by atoms with Crippen LogP contribution in [0, 0.1) is 5.92 Å². The van der Waals surface area contributed by atoms with Crippen molar-refractivity contribution in [3.05, 3.63) is 48.2 Å². The summed E-state index contributed by atoms with van der Waals surface area (Å²) in [5.41, 5.74) is 3.23. The number of hydrogen-bond donors (Lipinski definition) is 1. The summed E-state index contributed by atoms with van der Waals surface area (Å²) < 4.78 is 2.52. The van der Waals surface area contributed by atoms with Gasteiger partial charge in [-0.25, -0.2) is 0 Å². The van der Waals surface area contributed by atoms with Crippen LogP contribution >= 0.6 is 23.1 Å². The molecule has 30 heavy (non-hydrogen) atoms. The van der Waals surface area contributed by atoms with E-state index in [1.54, 1.807) is 16.4 Å². The lowest BCUT2D eigenvalue weighted by Gasteiger charge is -2.32. The maximum absolute atomic E-state index is 12.9. The maximum Gasteiger partial charge on any atom is 0.227 e. The Morgan fingerprint density at radius 1 is 1.10 bits per heavy atom. The van der Waals surface area contributed by atoms with Crippen molar-refractivity contribution in [1.29, 1.82) is 0 Å². The summed E-state index contributed by atoms with van der Waals surface area (Å²) in [6.45, 7) is 1.56. The lowest BCUT2D eigenvalue weighted by Crippen LogP contribution is -2.38. The zero-order chi connectivity index (χ0) is 20.3. The molecule has 1 aliphatic rings. The third kappa shape index (κ3) is 3.98. The first-order chi connectivity index (χ1) is 14.8. The van der Waals surface area contributed by atoms with E-state index in [1.165, 1.54) is 23.1 Å². The van der Waals surface area contributed by atoms with Gasteiger partial charge in [-0.05, 0) is 37.1 Å². The molecule has 1 fully saturated rings. The van der Waals surface area contributed by atoms with Gasteiger partial charge < -0.3 is 10.2 Å². The van der Waals surface area contributed by atoms with Crippen molar-refractivity contribution in [2.75, 3.05) is 23.3 Å². The molecule has 1 aromatic carbocycles. The largest absolute Gasteiger partial charge is 0.355 e. The number of nitrogens with one attached hydrogen (secondary N) is 1. The van der Waals surface area contributed by atoms with Crippen LogP contribution in [0.5, 0.6) is 0 Å². The lowest BCUT2D eigenvalue weighted by atomic mass is 9.96. The first-order valence-electron chi connectivity index (χ1n) is 9.52. The Hall–Kier alpha value is -3.05. The van der Waals surface area contributed by atoms with E-state index in [2.05, 4.69) is 35.7 Å². The van der Waals surface area contributed by atoms with E-state index in [0.717, 1.165) is 52.3 Å². The third-order valence-corrected chi connectivity index (χ3v) is 6.87. The van der Waals surface area contributed by atoms with E-state index < -0.39 is 0 Å². The summed E-state index contributed by atoms with van der Waals surface area (Å²) in [5.74, 6) is 0.904. The topological polar surface area (TPSA) is 101 Å². The molecule has 1 amide bonds. The molecule has 1 aliphatic heterocycles. The summed E-state index contributed by atoms with van der Waals surface area (Å²) in [6, 6.07) is 11.6. The van der Waals surface area contributed by atoms with Gasteiger partial charge in [0.25, 0.3) is 0 Å². The molecule has 1 saturated heterocycles. The van der Waals surface area contributed by atoms with Crippen LogP contribution in [0.3, 0.4) is 0 Å². The number of amides is 1. The number of anilines is 2. The predicted molar refractivity (Wildman–Crippen MR) is 115 cm³/mol. The van der Waals surface area contributed by atoms with E-state index in [1.807, 2.05) is 36.4 Å². The van der Waals surface area contributed by atoms with Crippen LogP contribution in [0.15, 0.2) is 57.5 Å². The number of benzene rings is 1. The van der Waals surface area contributed by atoms with E-state index in [-0.39, 0.29) is 11.8 Å².